The van der Waals surface area contributed by atoms with Gasteiger partial charge in [0.2, 0.25) is 0 Å². The second kappa shape index (κ2) is 16.4. The summed E-state index contributed by atoms with van der Waals surface area (Å²) in [4.78, 5) is 43.3. The number of rotatable bonds is 14. The molecule has 2 aromatic rings. The second-order valence-electron chi connectivity index (χ2n) is 14.2. The first kappa shape index (κ1) is 39.5. The summed E-state index contributed by atoms with van der Waals surface area (Å²) in [6.07, 6.45) is 1.11. The number of esters is 2. The Hall–Kier alpha value is -3.71. The Kier molecular flexibility index (Phi) is 13.8. The first-order valence-electron chi connectivity index (χ1n) is 15.5. The van der Waals surface area contributed by atoms with Crippen molar-refractivity contribution in [1.29, 1.82) is 0 Å². The molecule has 0 saturated heterocycles. The van der Waals surface area contributed by atoms with Crippen LogP contribution in [0.3, 0.4) is 0 Å². The number of hydrogen-bond acceptors (Lipinski definition) is 11. The Morgan fingerprint density at radius 1 is 0.766 bits per heavy atom. The van der Waals surface area contributed by atoms with Crippen LogP contribution in [-0.2, 0) is 44.5 Å². The molecule has 1 aromatic heterocycles. The predicted molar refractivity (Wildman–Crippen MR) is 175 cm³/mol. The molecule has 47 heavy (non-hydrogen) atoms. The van der Waals surface area contributed by atoms with Crippen molar-refractivity contribution < 1.29 is 45.9 Å². The smallest absolute Gasteiger partial charge is 0.408 e. The van der Waals surface area contributed by atoms with Gasteiger partial charge in [-0.05, 0) is 106 Å². The van der Waals surface area contributed by atoms with Crippen LogP contribution in [0.5, 0.6) is 5.75 Å². The summed E-state index contributed by atoms with van der Waals surface area (Å²) in [6.45, 7) is 17.2. The number of nitrogens with one attached hydrogen (secondary N) is 1. The zero-order chi connectivity index (χ0) is 35.6. The second-order valence-corrected chi connectivity index (χ2v) is 15.8. The molecule has 0 radical (unpaired) electrons. The van der Waals surface area contributed by atoms with E-state index >= 15 is 0 Å². The number of benzene rings is 1. The Labute approximate surface area is 279 Å². The first-order valence-corrected chi connectivity index (χ1v) is 16.9. The number of pyridine rings is 1. The molecule has 1 amide bonds. The number of nitrogens with zero attached hydrogens (tertiary/aromatic N) is 1. The molecule has 1 heterocycles. The highest BCUT2D eigenvalue weighted by Crippen LogP contribution is 2.23. The lowest BCUT2D eigenvalue weighted by atomic mass is 9.94. The molecule has 2 rings (SSSR count). The first-order chi connectivity index (χ1) is 21.5. The average molecular weight is 679 g/mol. The van der Waals surface area contributed by atoms with Crippen LogP contribution in [0, 0.1) is 12.8 Å². The van der Waals surface area contributed by atoms with Gasteiger partial charge in [-0.2, -0.15) is 8.42 Å². The third kappa shape index (κ3) is 15.6. The van der Waals surface area contributed by atoms with E-state index in [1.54, 1.807) is 86.6 Å². The molecule has 262 valence electrons. The van der Waals surface area contributed by atoms with Crippen molar-refractivity contribution in [3.05, 3.63) is 53.9 Å². The summed E-state index contributed by atoms with van der Waals surface area (Å²) in [5.74, 6) is -1.46. The predicted octanol–water partition coefficient (Wildman–Crippen LogP) is 5.69. The molecule has 13 heteroatoms. The van der Waals surface area contributed by atoms with E-state index in [4.69, 9.17) is 23.1 Å². The molecule has 12 nitrogen and oxygen atoms in total. The Balaban J connectivity index is 2.09. The van der Waals surface area contributed by atoms with Crippen LogP contribution in [0.4, 0.5) is 4.79 Å². The molecule has 1 aromatic carbocycles. The van der Waals surface area contributed by atoms with Gasteiger partial charge in [0, 0.05) is 12.1 Å². The largest absolute Gasteiger partial charge is 0.490 e. The van der Waals surface area contributed by atoms with Crippen LogP contribution < -0.4 is 10.1 Å². The van der Waals surface area contributed by atoms with Crippen molar-refractivity contribution in [3.63, 3.8) is 0 Å². The van der Waals surface area contributed by atoms with E-state index in [0.29, 0.717) is 11.4 Å². The highest BCUT2D eigenvalue weighted by atomic mass is 32.2. The number of aromatic nitrogens is 1. The minimum Gasteiger partial charge on any atom is -0.490 e. The van der Waals surface area contributed by atoms with E-state index in [1.165, 1.54) is 18.3 Å². The minimum absolute atomic E-state index is 0.0383. The number of carbonyl (C=O) groups excluding carboxylic acids is 3. The Morgan fingerprint density at radius 2 is 1.34 bits per heavy atom. The minimum atomic E-state index is -3.91. The fraction of sp³-hybridized carbons (Fsp3) is 0.588. The van der Waals surface area contributed by atoms with Crippen molar-refractivity contribution in [2.45, 2.75) is 116 Å². The van der Waals surface area contributed by atoms with Crippen LogP contribution in [0.1, 0.15) is 86.4 Å². The molecule has 0 aliphatic carbocycles. The van der Waals surface area contributed by atoms with Crippen LogP contribution in [0.15, 0.2) is 47.5 Å². The van der Waals surface area contributed by atoms with Gasteiger partial charge < -0.3 is 24.3 Å². The molecule has 0 fully saturated rings. The number of amides is 1. The number of alkyl carbamates (subject to hydrolysis) is 1. The third-order valence-corrected chi connectivity index (χ3v) is 7.41. The van der Waals surface area contributed by atoms with Crippen LogP contribution in [0.2, 0.25) is 0 Å². The molecule has 0 spiro atoms. The van der Waals surface area contributed by atoms with Gasteiger partial charge in [-0.1, -0.05) is 17.7 Å². The molecule has 2 atom stereocenters. The lowest BCUT2D eigenvalue weighted by molar-refractivity contribution is -0.162. The van der Waals surface area contributed by atoms with Gasteiger partial charge in [-0.25, -0.2) is 9.59 Å². The van der Waals surface area contributed by atoms with E-state index in [-0.39, 0.29) is 37.4 Å². The highest BCUT2D eigenvalue weighted by Gasteiger charge is 2.32. The Bertz CT molecular complexity index is 1440. The van der Waals surface area contributed by atoms with Crippen molar-refractivity contribution in [2.24, 2.45) is 5.92 Å². The third-order valence-electron chi connectivity index (χ3n) is 6.08. The van der Waals surface area contributed by atoms with Gasteiger partial charge in [-0.15, -0.1) is 0 Å². The van der Waals surface area contributed by atoms with E-state index in [2.05, 4.69) is 10.3 Å². The quantitative estimate of drug-likeness (QED) is 0.113. The van der Waals surface area contributed by atoms with Crippen LogP contribution >= 0.6 is 0 Å². The van der Waals surface area contributed by atoms with E-state index in [9.17, 15) is 22.8 Å². The summed E-state index contributed by atoms with van der Waals surface area (Å²) >= 11 is 0. The van der Waals surface area contributed by atoms with E-state index < -0.39 is 56.9 Å². The number of ether oxygens (including phenoxy) is 4. The number of aryl methyl sites for hydroxylation is 1. The van der Waals surface area contributed by atoms with E-state index in [1.807, 2.05) is 6.92 Å². The van der Waals surface area contributed by atoms with Gasteiger partial charge in [0.15, 0.2) is 0 Å². The van der Waals surface area contributed by atoms with Gasteiger partial charge in [0.05, 0.1) is 17.0 Å². The SMILES string of the molecule is Cc1ccc(S(=O)(=O)OCCOc2ccc(CC(CC[C@H](NC(=O)OC(C)(C)C)C(=O)OC(C)(C)C)C(=O)OC(C)(C)C)nc2)cc1. The fourth-order valence-corrected chi connectivity index (χ4v) is 4.97. The summed E-state index contributed by atoms with van der Waals surface area (Å²) in [6, 6.07) is 8.59. The van der Waals surface area contributed by atoms with Gasteiger partial charge in [0.1, 0.15) is 41.8 Å². The van der Waals surface area contributed by atoms with Crippen molar-refractivity contribution in [2.75, 3.05) is 13.2 Å². The molecule has 0 saturated carbocycles. The van der Waals surface area contributed by atoms with Crippen LogP contribution in [-0.4, -0.2) is 67.5 Å². The zero-order valence-electron chi connectivity index (χ0n) is 29.2. The summed E-state index contributed by atoms with van der Waals surface area (Å²) in [5.41, 5.74) is -0.851. The topological polar surface area (TPSA) is 156 Å². The molecule has 0 aliphatic heterocycles. The standard InChI is InChI=1S/C34H50N2O10S/c1-23-11-16-27(17-12-23)47(40,41)43-20-19-42-26-15-14-25(35-22-26)21-24(29(37)44-32(2,3)4)13-18-28(30(38)45-33(5,6)7)36-31(39)46-34(8,9)10/h11-12,14-17,22,24,28H,13,18-21H2,1-10H3,(H,36,39)/t24?,28-/m0/s1. The van der Waals surface area contributed by atoms with Crippen molar-refractivity contribution in [3.8, 4) is 5.75 Å². The van der Waals surface area contributed by atoms with E-state index in [0.717, 1.165) is 5.56 Å². The average Bonchev–Trinajstić information content (AvgIpc) is 2.90. The summed E-state index contributed by atoms with van der Waals surface area (Å²) in [5, 5.41) is 2.59. The highest BCUT2D eigenvalue weighted by molar-refractivity contribution is 7.86. The van der Waals surface area contributed by atoms with Crippen molar-refractivity contribution in [1.82, 2.24) is 10.3 Å². The molecule has 0 bridgehead atoms. The number of hydrogen-bond donors (Lipinski definition) is 1. The summed E-state index contributed by atoms with van der Waals surface area (Å²) in [7, 11) is -3.91. The normalized spacial score (nSPS) is 13.7. The molecule has 1 N–H and O–H groups in total. The maximum Gasteiger partial charge on any atom is 0.408 e. The summed E-state index contributed by atoms with van der Waals surface area (Å²) < 4.78 is 51.9. The lowest BCUT2D eigenvalue weighted by Crippen LogP contribution is -2.46. The maximum atomic E-state index is 13.3. The zero-order valence-corrected chi connectivity index (χ0v) is 30.0. The van der Waals surface area contributed by atoms with Crippen molar-refractivity contribution >= 4 is 28.1 Å². The molecule has 1 unspecified atom stereocenters. The molecular formula is C34H50N2O10S. The number of carbonyl (C=O) groups is 3. The monoisotopic (exact) mass is 678 g/mol. The van der Waals surface area contributed by atoms with Gasteiger partial charge in [0.25, 0.3) is 10.1 Å². The van der Waals surface area contributed by atoms with Gasteiger partial charge in [-0.3, -0.25) is 14.0 Å². The van der Waals surface area contributed by atoms with Gasteiger partial charge >= 0.3 is 18.0 Å². The van der Waals surface area contributed by atoms with Crippen LogP contribution in [0.25, 0.3) is 0 Å². The lowest BCUT2D eigenvalue weighted by Gasteiger charge is -2.28. The maximum absolute atomic E-state index is 13.3. The fourth-order valence-electron chi connectivity index (χ4n) is 4.07. The molecule has 0 aliphatic rings. The molecular weight excluding hydrogens is 628 g/mol. The Morgan fingerprint density at radius 3 is 1.87 bits per heavy atom.